The number of likely N-dealkylation sites (N-methyl/N-ethyl adjacent to an activating group) is 1. The van der Waals surface area contributed by atoms with E-state index < -0.39 is 0 Å². The SMILES string of the molecule is CCCCN(C)C(=O)Cc1csc(-c2ccc(C)cc2)n1. The van der Waals surface area contributed by atoms with Gasteiger partial charge in [0.15, 0.2) is 0 Å². The zero-order valence-corrected chi connectivity index (χ0v) is 13.7. The van der Waals surface area contributed by atoms with Crippen LogP contribution in [-0.2, 0) is 11.2 Å². The van der Waals surface area contributed by atoms with E-state index in [4.69, 9.17) is 0 Å². The van der Waals surface area contributed by atoms with Crippen LogP contribution in [0, 0.1) is 6.92 Å². The Kier molecular flexibility index (Phi) is 5.51. The summed E-state index contributed by atoms with van der Waals surface area (Å²) in [4.78, 5) is 18.5. The Bertz CT molecular complexity index is 589. The van der Waals surface area contributed by atoms with Crippen molar-refractivity contribution < 1.29 is 4.79 Å². The number of hydrogen-bond donors (Lipinski definition) is 0. The summed E-state index contributed by atoms with van der Waals surface area (Å²) in [6.45, 7) is 5.03. The number of carbonyl (C=O) groups is 1. The Hall–Kier alpha value is -1.68. The van der Waals surface area contributed by atoms with Crippen LogP contribution in [0.15, 0.2) is 29.6 Å². The molecular formula is C17H22N2OS. The average Bonchev–Trinajstić information content (AvgIpc) is 2.93. The lowest BCUT2D eigenvalue weighted by atomic mass is 10.2. The van der Waals surface area contributed by atoms with Gasteiger partial charge in [0.05, 0.1) is 12.1 Å². The van der Waals surface area contributed by atoms with Crippen LogP contribution in [-0.4, -0.2) is 29.4 Å². The number of unbranched alkanes of at least 4 members (excludes halogenated alkanes) is 1. The molecule has 0 bridgehead atoms. The van der Waals surface area contributed by atoms with Gasteiger partial charge in [0, 0.05) is 24.5 Å². The zero-order valence-electron chi connectivity index (χ0n) is 12.9. The molecular weight excluding hydrogens is 280 g/mol. The van der Waals surface area contributed by atoms with E-state index in [-0.39, 0.29) is 5.91 Å². The first-order valence-corrected chi connectivity index (χ1v) is 8.23. The van der Waals surface area contributed by atoms with E-state index in [2.05, 4.69) is 43.1 Å². The monoisotopic (exact) mass is 302 g/mol. The molecule has 0 N–H and O–H groups in total. The van der Waals surface area contributed by atoms with Gasteiger partial charge in [-0.3, -0.25) is 4.79 Å². The second-order valence-electron chi connectivity index (χ2n) is 5.36. The van der Waals surface area contributed by atoms with Crippen molar-refractivity contribution >= 4 is 17.2 Å². The molecule has 0 aliphatic carbocycles. The third kappa shape index (κ3) is 4.39. The number of aryl methyl sites for hydroxylation is 1. The lowest BCUT2D eigenvalue weighted by Gasteiger charge is -2.15. The normalized spacial score (nSPS) is 10.6. The van der Waals surface area contributed by atoms with Crippen LogP contribution < -0.4 is 0 Å². The van der Waals surface area contributed by atoms with Crippen molar-refractivity contribution in [2.75, 3.05) is 13.6 Å². The van der Waals surface area contributed by atoms with Crippen molar-refractivity contribution in [3.8, 4) is 10.6 Å². The molecule has 2 rings (SSSR count). The van der Waals surface area contributed by atoms with E-state index in [1.54, 1.807) is 16.2 Å². The summed E-state index contributed by atoms with van der Waals surface area (Å²) < 4.78 is 0. The van der Waals surface area contributed by atoms with Crippen LogP contribution >= 0.6 is 11.3 Å². The first-order chi connectivity index (χ1) is 10.1. The Morgan fingerprint density at radius 1 is 1.29 bits per heavy atom. The molecule has 1 aromatic heterocycles. The second-order valence-corrected chi connectivity index (χ2v) is 6.21. The fourth-order valence-electron chi connectivity index (χ4n) is 2.03. The Balaban J connectivity index is 2.00. The lowest BCUT2D eigenvalue weighted by Crippen LogP contribution is -2.29. The predicted octanol–water partition coefficient (Wildman–Crippen LogP) is 3.92. The van der Waals surface area contributed by atoms with Gasteiger partial charge in [0.1, 0.15) is 5.01 Å². The quantitative estimate of drug-likeness (QED) is 0.810. The molecule has 0 radical (unpaired) electrons. The Labute approximate surface area is 130 Å². The summed E-state index contributed by atoms with van der Waals surface area (Å²) >= 11 is 1.60. The Morgan fingerprint density at radius 3 is 2.67 bits per heavy atom. The average molecular weight is 302 g/mol. The van der Waals surface area contributed by atoms with Gasteiger partial charge in [-0.1, -0.05) is 43.2 Å². The number of amides is 1. The smallest absolute Gasteiger partial charge is 0.228 e. The first-order valence-electron chi connectivity index (χ1n) is 7.35. The van der Waals surface area contributed by atoms with Gasteiger partial charge in [0.2, 0.25) is 5.91 Å². The minimum Gasteiger partial charge on any atom is -0.345 e. The van der Waals surface area contributed by atoms with Crippen LogP contribution in [0.4, 0.5) is 0 Å². The third-order valence-electron chi connectivity index (χ3n) is 3.46. The zero-order chi connectivity index (χ0) is 15.2. The van der Waals surface area contributed by atoms with Crippen LogP contribution in [0.2, 0.25) is 0 Å². The molecule has 112 valence electrons. The molecule has 0 unspecified atom stereocenters. The highest BCUT2D eigenvalue weighted by Gasteiger charge is 2.12. The molecule has 0 saturated heterocycles. The predicted molar refractivity (Wildman–Crippen MR) is 88.5 cm³/mol. The van der Waals surface area contributed by atoms with E-state index in [0.717, 1.165) is 35.7 Å². The molecule has 1 aromatic carbocycles. The molecule has 1 amide bonds. The summed E-state index contributed by atoms with van der Waals surface area (Å²) in [5.74, 6) is 0.143. The number of carbonyl (C=O) groups excluding carboxylic acids is 1. The second kappa shape index (κ2) is 7.36. The molecule has 1 heterocycles. The number of aromatic nitrogens is 1. The highest BCUT2D eigenvalue weighted by Crippen LogP contribution is 2.24. The first kappa shape index (κ1) is 15.7. The van der Waals surface area contributed by atoms with E-state index in [9.17, 15) is 4.79 Å². The van der Waals surface area contributed by atoms with Gasteiger partial charge in [-0.2, -0.15) is 0 Å². The third-order valence-corrected chi connectivity index (χ3v) is 4.40. The van der Waals surface area contributed by atoms with Crippen molar-refractivity contribution in [3.05, 3.63) is 40.9 Å². The number of benzene rings is 1. The Morgan fingerprint density at radius 2 is 2.00 bits per heavy atom. The molecule has 4 heteroatoms. The van der Waals surface area contributed by atoms with Gasteiger partial charge >= 0.3 is 0 Å². The number of thiazole rings is 1. The topological polar surface area (TPSA) is 33.2 Å². The van der Waals surface area contributed by atoms with E-state index in [1.807, 2.05) is 12.4 Å². The molecule has 21 heavy (non-hydrogen) atoms. The molecule has 0 aliphatic rings. The fraction of sp³-hybridized carbons (Fsp3) is 0.412. The summed E-state index contributed by atoms with van der Waals surface area (Å²) in [6.07, 6.45) is 2.54. The van der Waals surface area contributed by atoms with Crippen molar-refractivity contribution in [3.63, 3.8) is 0 Å². The van der Waals surface area contributed by atoms with Crippen molar-refractivity contribution in [2.24, 2.45) is 0 Å². The van der Waals surface area contributed by atoms with E-state index >= 15 is 0 Å². The summed E-state index contributed by atoms with van der Waals surface area (Å²) in [6, 6.07) is 8.32. The summed E-state index contributed by atoms with van der Waals surface area (Å²) in [5, 5.41) is 2.97. The van der Waals surface area contributed by atoms with Crippen LogP contribution in [0.3, 0.4) is 0 Å². The fourth-order valence-corrected chi connectivity index (χ4v) is 2.85. The number of hydrogen-bond acceptors (Lipinski definition) is 3. The molecule has 2 aromatic rings. The number of nitrogens with zero attached hydrogens (tertiary/aromatic N) is 2. The minimum atomic E-state index is 0.143. The van der Waals surface area contributed by atoms with Gasteiger partial charge < -0.3 is 4.90 Å². The highest BCUT2D eigenvalue weighted by molar-refractivity contribution is 7.13. The molecule has 0 fully saturated rings. The van der Waals surface area contributed by atoms with Gasteiger partial charge in [0.25, 0.3) is 0 Å². The largest absolute Gasteiger partial charge is 0.345 e. The van der Waals surface area contributed by atoms with Gasteiger partial charge in [-0.25, -0.2) is 4.98 Å². The molecule has 0 atom stereocenters. The van der Waals surface area contributed by atoms with Gasteiger partial charge in [-0.05, 0) is 13.3 Å². The van der Waals surface area contributed by atoms with Crippen molar-refractivity contribution in [2.45, 2.75) is 33.1 Å². The lowest BCUT2D eigenvalue weighted by molar-refractivity contribution is -0.129. The van der Waals surface area contributed by atoms with Crippen LogP contribution in [0.1, 0.15) is 31.0 Å². The summed E-state index contributed by atoms with van der Waals surface area (Å²) in [7, 11) is 1.87. The molecule has 0 aliphatic heterocycles. The van der Waals surface area contributed by atoms with E-state index in [1.165, 1.54) is 5.56 Å². The van der Waals surface area contributed by atoms with Crippen LogP contribution in [0.5, 0.6) is 0 Å². The maximum absolute atomic E-state index is 12.1. The van der Waals surface area contributed by atoms with Crippen LogP contribution in [0.25, 0.3) is 10.6 Å². The summed E-state index contributed by atoms with van der Waals surface area (Å²) in [5.41, 5.74) is 3.22. The number of rotatable bonds is 6. The van der Waals surface area contributed by atoms with E-state index in [0.29, 0.717) is 6.42 Å². The molecule has 3 nitrogen and oxygen atoms in total. The maximum Gasteiger partial charge on any atom is 0.228 e. The van der Waals surface area contributed by atoms with Crippen molar-refractivity contribution in [1.29, 1.82) is 0 Å². The maximum atomic E-state index is 12.1. The van der Waals surface area contributed by atoms with Gasteiger partial charge in [-0.15, -0.1) is 11.3 Å². The highest BCUT2D eigenvalue weighted by atomic mass is 32.1. The minimum absolute atomic E-state index is 0.143. The molecule has 0 spiro atoms. The van der Waals surface area contributed by atoms with Crippen molar-refractivity contribution in [1.82, 2.24) is 9.88 Å². The standard InChI is InChI=1S/C17H22N2OS/c1-4-5-10-19(3)16(20)11-15-12-21-17(18-15)14-8-6-13(2)7-9-14/h6-9,12H,4-5,10-11H2,1-3H3. The molecule has 0 saturated carbocycles.